The van der Waals surface area contributed by atoms with Crippen molar-refractivity contribution in [2.24, 2.45) is 5.73 Å². The summed E-state index contributed by atoms with van der Waals surface area (Å²) in [6.07, 6.45) is 4.01. The fourth-order valence-corrected chi connectivity index (χ4v) is 3.35. The van der Waals surface area contributed by atoms with E-state index in [1.54, 1.807) is 0 Å². The van der Waals surface area contributed by atoms with Crippen molar-refractivity contribution in [3.63, 3.8) is 0 Å². The number of hydrogen-bond acceptors (Lipinski definition) is 4. The Morgan fingerprint density at radius 3 is 2.70 bits per heavy atom. The van der Waals surface area contributed by atoms with Crippen LogP contribution in [0.1, 0.15) is 61.9 Å². The van der Waals surface area contributed by atoms with E-state index in [1.165, 1.54) is 0 Å². The molecule has 0 aliphatic carbocycles. The van der Waals surface area contributed by atoms with Gasteiger partial charge in [0.25, 0.3) is 5.91 Å². The van der Waals surface area contributed by atoms with Gasteiger partial charge in [-0.05, 0) is 38.4 Å². The van der Waals surface area contributed by atoms with Crippen LogP contribution in [-0.4, -0.2) is 47.9 Å². The number of likely N-dealkylation sites (tertiary alicyclic amines) is 1. The number of hydrogen-bond donors (Lipinski definition) is 1. The van der Waals surface area contributed by atoms with Crippen LogP contribution in [0.3, 0.4) is 0 Å². The molecule has 23 heavy (non-hydrogen) atoms. The van der Waals surface area contributed by atoms with E-state index in [4.69, 9.17) is 10.2 Å². The van der Waals surface area contributed by atoms with E-state index in [2.05, 4.69) is 25.7 Å². The molecule has 2 heterocycles. The molecule has 5 heteroatoms. The molecule has 1 aliphatic rings. The molecule has 130 valence electrons. The van der Waals surface area contributed by atoms with E-state index in [-0.39, 0.29) is 11.9 Å². The first kappa shape index (κ1) is 18.0. The topological polar surface area (TPSA) is 62.7 Å². The SMILES string of the molecule is CCc1oc(C(=O)N2CCCCC2CN)cc1CN(CC)CC. The monoisotopic (exact) mass is 321 g/mol. The van der Waals surface area contributed by atoms with Crippen molar-refractivity contribution >= 4 is 5.91 Å². The lowest BCUT2D eigenvalue weighted by Crippen LogP contribution is -2.47. The predicted molar refractivity (Wildman–Crippen MR) is 92.4 cm³/mol. The summed E-state index contributed by atoms with van der Waals surface area (Å²) in [6, 6.07) is 2.10. The second-order valence-electron chi connectivity index (χ2n) is 6.26. The minimum Gasteiger partial charge on any atom is -0.456 e. The van der Waals surface area contributed by atoms with Gasteiger partial charge in [0.05, 0.1) is 0 Å². The Morgan fingerprint density at radius 2 is 2.09 bits per heavy atom. The van der Waals surface area contributed by atoms with Crippen LogP contribution in [0.2, 0.25) is 0 Å². The average molecular weight is 321 g/mol. The number of nitrogens with zero attached hydrogens (tertiary/aromatic N) is 2. The Morgan fingerprint density at radius 1 is 1.35 bits per heavy atom. The summed E-state index contributed by atoms with van der Waals surface area (Å²) in [4.78, 5) is 17.1. The van der Waals surface area contributed by atoms with E-state index in [0.717, 1.165) is 63.2 Å². The lowest BCUT2D eigenvalue weighted by atomic mass is 10.0. The molecule has 5 nitrogen and oxygen atoms in total. The molecule has 0 saturated carbocycles. The van der Waals surface area contributed by atoms with Crippen LogP contribution in [0.5, 0.6) is 0 Å². The fourth-order valence-electron chi connectivity index (χ4n) is 3.35. The van der Waals surface area contributed by atoms with Gasteiger partial charge in [0.1, 0.15) is 5.76 Å². The van der Waals surface area contributed by atoms with Gasteiger partial charge in [0, 0.05) is 37.7 Å². The summed E-state index contributed by atoms with van der Waals surface area (Å²) >= 11 is 0. The lowest BCUT2D eigenvalue weighted by molar-refractivity contribution is 0.0589. The quantitative estimate of drug-likeness (QED) is 0.838. The Labute approximate surface area is 139 Å². The van der Waals surface area contributed by atoms with Gasteiger partial charge in [-0.25, -0.2) is 0 Å². The van der Waals surface area contributed by atoms with Crippen molar-refractivity contribution in [1.29, 1.82) is 0 Å². The Balaban J connectivity index is 2.18. The van der Waals surface area contributed by atoms with E-state index >= 15 is 0 Å². The zero-order chi connectivity index (χ0) is 16.8. The van der Waals surface area contributed by atoms with Crippen molar-refractivity contribution < 1.29 is 9.21 Å². The highest BCUT2D eigenvalue weighted by Gasteiger charge is 2.29. The standard InChI is InChI=1S/C18H31N3O2/c1-4-16-14(13-20(5-2)6-3)11-17(23-16)18(22)21-10-8-7-9-15(21)12-19/h11,15H,4-10,12-13,19H2,1-3H3. The summed E-state index contributed by atoms with van der Waals surface area (Å²) in [7, 11) is 0. The lowest BCUT2D eigenvalue weighted by Gasteiger charge is -2.34. The third-order valence-corrected chi connectivity index (χ3v) is 4.88. The Hall–Kier alpha value is -1.33. The largest absolute Gasteiger partial charge is 0.456 e. The number of amides is 1. The van der Waals surface area contributed by atoms with Crippen LogP contribution in [0.25, 0.3) is 0 Å². The van der Waals surface area contributed by atoms with Gasteiger partial charge in [-0.1, -0.05) is 20.8 Å². The van der Waals surface area contributed by atoms with Crippen molar-refractivity contribution in [1.82, 2.24) is 9.80 Å². The molecule has 2 N–H and O–H groups in total. The molecule has 0 aromatic carbocycles. The first-order valence-electron chi connectivity index (χ1n) is 8.99. The number of carbonyl (C=O) groups is 1. The van der Waals surface area contributed by atoms with Crippen LogP contribution < -0.4 is 5.73 Å². The number of nitrogens with two attached hydrogens (primary N) is 1. The molecule has 2 rings (SSSR count). The summed E-state index contributed by atoms with van der Waals surface area (Å²) in [6.45, 7) is 10.5. The summed E-state index contributed by atoms with van der Waals surface area (Å²) < 4.78 is 5.90. The molecule has 0 spiro atoms. The van der Waals surface area contributed by atoms with E-state index < -0.39 is 0 Å². The van der Waals surface area contributed by atoms with Crippen LogP contribution in [0.4, 0.5) is 0 Å². The molecular weight excluding hydrogens is 290 g/mol. The molecule has 0 radical (unpaired) electrons. The number of piperidine rings is 1. The molecule has 1 aliphatic heterocycles. The number of furan rings is 1. The number of carbonyl (C=O) groups excluding carboxylic acids is 1. The first-order valence-corrected chi connectivity index (χ1v) is 8.99. The van der Waals surface area contributed by atoms with E-state index in [9.17, 15) is 4.79 Å². The van der Waals surface area contributed by atoms with Crippen molar-refractivity contribution in [3.05, 3.63) is 23.2 Å². The van der Waals surface area contributed by atoms with Crippen LogP contribution in [-0.2, 0) is 13.0 Å². The smallest absolute Gasteiger partial charge is 0.289 e. The normalized spacial score (nSPS) is 18.7. The predicted octanol–water partition coefficient (Wildman–Crippen LogP) is 2.64. The van der Waals surface area contributed by atoms with Gasteiger partial charge in [-0.15, -0.1) is 0 Å². The molecule has 1 unspecified atom stereocenters. The van der Waals surface area contributed by atoms with Crippen LogP contribution >= 0.6 is 0 Å². The van der Waals surface area contributed by atoms with E-state index in [1.807, 2.05) is 11.0 Å². The molecular formula is C18H31N3O2. The fraction of sp³-hybridized carbons (Fsp3) is 0.722. The summed E-state index contributed by atoms with van der Waals surface area (Å²) in [5.74, 6) is 1.41. The van der Waals surface area contributed by atoms with Crippen molar-refractivity contribution in [3.8, 4) is 0 Å². The molecule has 1 aromatic heterocycles. The highest BCUT2D eigenvalue weighted by Crippen LogP contribution is 2.23. The first-order chi connectivity index (χ1) is 11.1. The zero-order valence-electron chi connectivity index (χ0n) is 14.8. The van der Waals surface area contributed by atoms with Crippen LogP contribution in [0, 0.1) is 0 Å². The molecule has 1 saturated heterocycles. The van der Waals surface area contributed by atoms with Gasteiger partial charge >= 0.3 is 0 Å². The molecule has 1 aromatic rings. The van der Waals surface area contributed by atoms with Gasteiger partial charge in [0.2, 0.25) is 0 Å². The zero-order valence-corrected chi connectivity index (χ0v) is 14.8. The van der Waals surface area contributed by atoms with Crippen LogP contribution in [0.15, 0.2) is 10.5 Å². The van der Waals surface area contributed by atoms with Gasteiger partial charge < -0.3 is 15.1 Å². The third-order valence-electron chi connectivity index (χ3n) is 4.88. The maximum absolute atomic E-state index is 12.8. The Bertz CT molecular complexity index is 508. The second kappa shape index (κ2) is 8.50. The second-order valence-corrected chi connectivity index (χ2v) is 6.26. The number of aryl methyl sites for hydroxylation is 1. The summed E-state index contributed by atoms with van der Waals surface area (Å²) in [5, 5.41) is 0. The summed E-state index contributed by atoms with van der Waals surface area (Å²) in [5.41, 5.74) is 6.98. The van der Waals surface area contributed by atoms with Crippen molar-refractivity contribution in [2.45, 2.75) is 59.0 Å². The third kappa shape index (κ3) is 4.15. The molecule has 1 fully saturated rings. The molecule has 1 amide bonds. The maximum Gasteiger partial charge on any atom is 0.289 e. The Kier molecular flexibility index (Phi) is 6.66. The van der Waals surface area contributed by atoms with E-state index in [0.29, 0.717) is 12.3 Å². The maximum atomic E-state index is 12.8. The minimum absolute atomic E-state index is 0.000599. The molecule has 0 bridgehead atoms. The average Bonchev–Trinajstić information content (AvgIpc) is 3.01. The highest BCUT2D eigenvalue weighted by molar-refractivity contribution is 5.92. The minimum atomic E-state index is 0.000599. The van der Waals surface area contributed by atoms with Gasteiger partial charge in [-0.2, -0.15) is 0 Å². The number of rotatable bonds is 7. The molecule has 1 atom stereocenters. The van der Waals surface area contributed by atoms with Gasteiger partial charge in [0.15, 0.2) is 5.76 Å². The van der Waals surface area contributed by atoms with Gasteiger partial charge in [-0.3, -0.25) is 9.69 Å². The van der Waals surface area contributed by atoms with Crippen molar-refractivity contribution in [2.75, 3.05) is 26.2 Å². The highest BCUT2D eigenvalue weighted by atomic mass is 16.4.